The number of methoxy groups -OCH3 is 1. The fraction of sp³-hybridized carbons (Fsp3) is 0.421. The molecule has 1 aliphatic rings. The first kappa shape index (κ1) is 18.1. The van der Waals surface area contributed by atoms with Crippen LogP contribution in [0.4, 0.5) is 5.95 Å². The summed E-state index contributed by atoms with van der Waals surface area (Å²) in [5.74, 6) is 1.44. The van der Waals surface area contributed by atoms with Crippen LogP contribution < -0.4 is 15.0 Å². The highest BCUT2D eigenvalue weighted by molar-refractivity contribution is 5.94. The van der Waals surface area contributed by atoms with E-state index >= 15 is 0 Å². The molecule has 0 aliphatic carbocycles. The molecule has 0 unspecified atom stereocenters. The molecule has 3 rings (SSSR count). The van der Waals surface area contributed by atoms with E-state index in [-0.39, 0.29) is 5.91 Å². The van der Waals surface area contributed by atoms with Gasteiger partial charge in [0.05, 0.1) is 7.11 Å². The molecule has 1 N–H and O–H groups in total. The van der Waals surface area contributed by atoms with Gasteiger partial charge in [0.15, 0.2) is 0 Å². The Kier molecular flexibility index (Phi) is 6.38. The van der Waals surface area contributed by atoms with Crippen molar-refractivity contribution >= 4 is 11.9 Å². The second-order valence-electron chi connectivity index (χ2n) is 6.22. The lowest BCUT2D eigenvalue weighted by Gasteiger charge is -2.34. The molecular formula is C19H25N5O2. The zero-order valence-corrected chi connectivity index (χ0v) is 15.1. The predicted octanol–water partition coefficient (Wildman–Crippen LogP) is 1.43. The summed E-state index contributed by atoms with van der Waals surface area (Å²) in [6.07, 6.45) is 4.48. The SMILES string of the molecule is COc1cccc(C(=O)NCCCN2CCN(c3ncccn3)CC2)c1. The van der Waals surface area contributed by atoms with Gasteiger partial charge in [-0.15, -0.1) is 0 Å². The average molecular weight is 355 g/mol. The molecule has 1 fully saturated rings. The van der Waals surface area contributed by atoms with Crippen molar-refractivity contribution in [3.63, 3.8) is 0 Å². The smallest absolute Gasteiger partial charge is 0.251 e. The zero-order chi connectivity index (χ0) is 18.2. The summed E-state index contributed by atoms with van der Waals surface area (Å²) >= 11 is 0. The Bertz CT molecular complexity index is 702. The maximum Gasteiger partial charge on any atom is 0.251 e. The van der Waals surface area contributed by atoms with E-state index in [4.69, 9.17) is 4.74 Å². The molecule has 1 saturated heterocycles. The van der Waals surface area contributed by atoms with Crippen molar-refractivity contribution in [2.24, 2.45) is 0 Å². The maximum absolute atomic E-state index is 12.2. The predicted molar refractivity (Wildman–Crippen MR) is 101 cm³/mol. The Hall–Kier alpha value is -2.67. The third-order valence-corrected chi connectivity index (χ3v) is 4.48. The minimum atomic E-state index is -0.0602. The number of anilines is 1. The van der Waals surface area contributed by atoms with Crippen LogP contribution in [0.15, 0.2) is 42.7 Å². The van der Waals surface area contributed by atoms with Crippen LogP contribution >= 0.6 is 0 Å². The van der Waals surface area contributed by atoms with Gasteiger partial charge in [-0.1, -0.05) is 6.07 Å². The van der Waals surface area contributed by atoms with E-state index in [9.17, 15) is 4.79 Å². The van der Waals surface area contributed by atoms with Crippen molar-refractivity contribution in [2.45, 2.75) is 6.42 Å². The number of aromatic nitrogens is 2. The van der Waals surface area contributed by atoms with E-state index in [1.165, 1.54) is 0 Å². The van der Waals surface area contributed by atoms with Crippen molar-refractivity contribution in [1.29, 1.82) is 0 Å². The van der Waals surface area contributed by atoms with Gasteiger partial charge < -0.3 is 15.0 Å². The van der Waals surface area contributed by atoms with E-state index in [0.717, 1.165) is 45.1 Å². The van der Waals surface area contributed by atoms with Crippen molar-refractivity contribution < 1.29 is 9.53 Å². The third-order valence-electron chi connectivity index (χ3n) is 4.48. The number of nitrogens with zero attached hydrogens (tertiary/aromatic N) is 4. The average Bonchev–Trinajstić information content (AvgIpc) is 2.72. The highest BCUT2D eigenvalue weighted by atomic mass is 16.5. The number of hydrogen-bond donors (Lipinski definition) is 1. The fourth-order valence-corrected chi connectivity index (χ4v) is 3.00. The Morgan fingerprint density at radius 3 is 2.65 bits per heavy atom. The largest absolute Gasteiger partial charge is 0.497 e. The van der Waals surface area contributed by atoms with Gasteiger partial charge in [-0.05, 0) is 37.2 Å². The molecule has 0 spiro atoms. The molecule has 1 aromatic heterocycles. The molecule has 0 bridgehead atoms. The van der Waals surface area contributed by atoms with Gasteiger partial charge in [-0.25, -0.2) is 9.97 Å². The Labute approximate surface area is 154 Å². The van der Waals surface area contributed by atoms with Crippen LogP contribution in [0.3, 0.4) is 0 Å². The quantitative estimate of drug-likeness (QED) is 0.758. The number of piperazine rings is 1. The number of ether oxygens (including phenoxy) is 1. The van der Waals surface area contributed by atoms with Crippen LogP contribution in [0.5, 0.6) is 5.75 Å². The van der Waals surface area contributed by atoms with E-state index in [1.807, 2.05) is 18.2 Å². The number of hydrogen-bond acceptors (Lipinski definition) is 6. The molecule has 2 aromatic rings. The molecule has 2 heterocycles. The van der Waals surface area contributed by atoms with E-state index in [0.29, 0.717) is 17.9 Å². The second kappa shape index (κ2) is 9.15. The van der Waals surface area contributed by atoms with Crippen LogP contribution in [-0.4, -0.2) is 67.2 Å². The molecule has 7 heteroatoms. The summed E-state index contributed by atoms with van der Waals surface area (Å²) in [7, 11) is 1.60. The number of nitrogens with one attached hydrogen (secondary N) is 1. The van der Waals surface area contributed by atoms with Crippen molar-refractivity contribution in [3.05, 3.63) is 48.3 Å². The van der Waals surface area contributed by atoms with Gasteiger partial charge in [0.2, 0.25) is 5.95 Å². The van der Waals surface area contributed by atoms with Crippen LogP contribution in [0.1, 0.15) is 16.8 Å². The molecule has 7 nitrogen and oxygen atoms in total. The van der Waals surface area contributed by atoms with E-state index in [2.05, 4.69) is 25.1 Å². The van der Waals surface area contributed by atoms with Crippen LogP contribution in [0.25, 0.3) is 0 Å². The molecule has 0 radical (unpaired) electrons. The number of benzene rings is 1. The van der Waals surface area contributed by atoms with Crippen molar-refractivity contribution in [2.75, 3.05) is 51.3 Å². The van der Waals surface area contributed by atoms with E-state index < -0.39 is 0 Å². The highest BCUT2D eigenvalue weighted by Gasteiger charge is 2.18. The highest BCUT2D eigenvalue weighted by Crippen LogP contribution is 2.12. The monoisotopic (exact) mass is 355 g/mol. The minimum absolute atomic E-state index is 0.0602. The lowest BCUT2D eigenvalue weighted by atomic mass is 10.2. The van der Waals surface area contributed by atoms with Crippen molar-refractivity contribution in [3.8, 4) is 5.75 Å². The van der Waals surface area contributed by atoms with Gasteiger partial charge in [0, 0.05) is 50.7 Å². The van der Waals surface area contributed by atoms with Crippen LogP contribution in [0, 0.1) is 0 Å². The summed E-state index contributed by atoms with van der Waals surface area (Å²) in [5.41, 5.74) is 0.626. The fourth-order valence-electron chi connectivity index (χ4n) is 3.00. The summed E-state index contributed by atoms with van der Waals surface area (Å²) in [6, 6.07) is 9.03. The molecule has 138 valence electrons. The number of carbonyl (C=O) groups is 1. The molecule has 0 atom stereocenters. The summed E-state index contributed by atoms with van der Waals surface area (Å²) < 4.78 is 5.15. The minimum Gasteiger partial charge on any atom is -0.497 e. The van der Waals surface area contributed by atoms with E-state index in [1.54, 1.807) is 31.6 Å². The number of amides is 1. The van der Waals surface area contributed by atoms with Crippen LogP contribution in [0.2, 0.25) is 0 Å². The first-order valence-corrected chi connectivity index (χ1v) is 8.93. The Morgan fingerprint density at radius 1 is 1.15 bits per heavy atom. The lowest BCUT2D eigenvalue weighted by molar-refractivity contribution is 0.0951. The number of rotatable bonds is 7. The lowest BCUT2D eigenvalue weighted by Crippen LogP contribution is -2.47. The van der Waals surface area contributed by atoms with Gasteiger partial charge in [0.1, 0.15) is 5.75 Å². The molecule has 1 amide bonds. The van der Waals surface area contributed by atoms with Crippen LogP contribution in [-0.2, 0) is 0 Å². The molecule has 26 heavy (non-hydrogen) atoms. The van der Waals surface area contributed by atoms with Gasteiger partial charge in [-0.2, -0.15) is 0 Å². The molecule has 1 aliphatic heterocycles. The molecule has 1 aromatic carbocycles. The molecule has 0 saturated carbocycles. The van der Waals surface area contributed by atoms with Gasteiger partial charge in [0.25, 0.3) is 5.91 Å². The maximum atomic E-state index is 12.2. The second-order valence-corrected chi connectivity index (χ2v) is 6.22. The summed E-state index contributed by atoms with van der Waals surface area (Å²) in [5, 5.41) is 2.97. The topological polar surface area (TPSA) is 70.6 Å². The Balaban J connectivity index is 1.35. The zero-order valence-electron chi connectivity index (χ0n) is 15.1. The van der Waals surface area contributed by atoms with Crippen molar-refractivity contribution in [1.82, 2.24) is 20.2 Å². The number of carbonyl (C=O) groups excluding carboxylic acids is 1. The molecular weight excluding hydrogens is 330 g/mol. The third kappa shape index (κ3) is 4.92. The first-order valence-electron chi connectivity index (χ1n) is 8.93. The summed E-state index contributed by atoms with van der Waals surface area (Å²) in [6.45, 7) is 5.48. The summed E-state index contributed by atoms with van der Waals surface area (Å²) in [4.78, 5) is 25.4. The first-order chi connectivity index (χ1) is 12.8. The van der Waals surface area contributed by atoms with Gasteiger partial charge >= 0.3 is 0 Å². The standard InChI is InChI=1S/C19H25N5O2/c1-26-17-6-2-5-16(15-17)18(25)20-9-4-10-23-11-13-24(14-12-23)19-21-7-3-8-22-19/h2-3,5-8,15H,4,9-14H2,1H3,(H,20,25). The van der Waals surface area contributed by atoms with Gasteiger partial charge in [-0.3, -0.25) is 9.69 Å². The Morgan fingerprint density at radius 2 is 1.92 bits per heavy atom. The normalized spacial score (nSPS) is 14.9.